The molecule has 0 atom stereocenters. The number of nitrogens with two attached hydrogens (primary N) is 1. The normalized spacial score (nSPS) is 23.9. The van der Waals surface area contributed by atoms with E-state index in [-0.39, 0.29) is 0 Å². The van der Waals surface area contributed by atoms with Gasteiger partial charge in [0.1, 0.15) is 0 Å². The van der Waals surface area contributed by atoms with Gasteiger partial charge in [0.2, 0.25) is 5.95 Å². The van der Waals surface area contributed by atoms with Gasteiger partial charge in [-0.2, -0.15) is 0 Å². The SMILES string of the molecule is COC1CC(n2c(N)nc3ccc(C)cc32)C1. The molecule has 90 valence electrons. The third kappa shape index (κ3) is 1.60. The average Bonchev–Trinajstić information content (AvgIpc) is 2.54. The van der Waals surface area contributed by atoms with Gasteiger partial charge in [0, 0.05) is 13.2 Å². The predicted molar refractivity (Wildman–Crippen MR) is 68.0 cm³/mol. The third-order valence-electron chi connectivity index (χ3n) is 3.64. The molecule has 1 aliphatic carbocycles. The highest BCUT2D eigenvalue weighted by Crippen LogP contribution is 2.38. The molecule has 1 aromatic heterocycles. The molecular formula is C13H17N3O. The van der Waals surface area contributed by atoms with E-state index in [4.69, 9.17) is 10.5 Å². The quantitative estimate of drug-likeness (QED) is 0.862. The van der Waals surface area contributed by atoms with Crippen LogP contribution in [0.1, 0.15) is 24.4 Å². The molecule has 17 heavy (non-hydrogen) atoms. The minimum absolute atomic E-state index is 0.377. The highest BCUT2D eigenvalue weighted by Gasteiger charge is 2.32. The lowest BCUT2D eigenvalue weighted by molar-refractivity contribution is 0.00798. The zero-order chi connectivity index (χ0) is 12.0. The van der Waals surface area contributed by atoms with Crippen LogP contribution in [0, 0.1) is 6.92 Å². The summed E-state index contributed by atoms with van der Waals surface area (Å²) in [5, 5.41) is 0. The molecule has 1 saturated carbocycles. The van der Waals surface area contributed by atoms with Crippen LogP contribution in [-0.4, -0.2) is 22.8 Å². The Morgan fingerprint density at radius 3 is 2.88 bits per heavy atom. The Balaban J connectivity index is 2.03. The van der Waals surface area contributed by atoms with Crippen molar-refractivity contribution >= 4 is 17.0 Å². The number of fused-ring (bicyclic) bond motifs is 1. The number of hydrogen-bond donors (Lipinski definition) is 1. The minimum Gasteiger partial charge on any atom is -0.381 e. The number of nitrogens with zero attached hydrogens (tertiary/aromatic N) is 2. The second kappa shape index (κ2) is 3.74. The number of aryl methyl sites for hydroxylation is 1. The number of imidazole rings is 1. The van der Waals surface area contributed by atoms with E-state index >= 15 is 0 Å². The first-order valence-corrected chi connectivity index (χ1v) is 5.96. The Bertz CT molecular complexity index is 555. The lowest BCUT2D eigenvalue weighted by Gasteiger charge is -2.35. The molecule has 0 saturated heterocycles. The average molecular weight is 231 g/mol. The molecule has 3 rings (SSSR count). The molecule has 0 radical (unpaired) electrons. The van der Waals surface area contributed by atoms with Gasteiger partial charge in [0.25, 0.3) is 0 Å². The standard InChI is InChI=1S/C13H17N3O/c1-8-3-4-11-12(5-8)16(13(14)15-11)9-6-10(7-9)17-2/h3-5,9-10H,6-7H2,1-2H3,(H2,14,15). The van der Waals surface area contributed by atoms with Gasteiger partial charge in [-0.3, -0.25) is 0 Å². The monoisotopic (exact) mass is 231 g/mol. The van der Waals surface area contributed by atoms with Crippen molar-refractivity contribution in [2.75, 3.05) is 12.8 Å². The first-order valence-electron chi connectivity index (χ1n) is 5.96. The van der Waals surface area contributed by atoms with Crippen molar-refractivity contribution in [3.05, 3.63) is 23.8 Å². The zero-order valence-corrected chi connectivity index (χ0v) is 10.2. The molecule has 1 heterocycles. The Morgan fingerprint density at radius 2 is 2.18 bits per heavy atom. The van der Waals surface area contributed by atoms with E-state index in [1.807, 2.05) is 6.07 Å². The third-order valence-corrected chi connectivity index (χ3v) is 3.64. The smallest absolute Gasteiger partial charge is 0.201 e. The maximum atomic E-state index is 6.01. The summed E-state index contributed by atoms with van der Waals surface area (Å²) < 4.78 is 7.47. The fraction of sp³-hybridized carbons (Fsp3) is 0.462. The first kappa shape index (κ1) is 10.6. The van der Waals surface area contributed by atoms with E-state index in [1.54, 1.807) is 7.11 Å². The Hall–Kier alpha value is -1.55. The molecule has 0 spiro atoms. The summed E-state index contributed by atoms with van der Waals surface area (Å²) in [5.41, 5.74) is 9.37. The second-order valence-electron chi connectivity index (χ2n) is 4.82. The Labute approximate surface area is 100 Å². The fourth-order valence-electron chi connectivity index (χ4n) is 2.55. The largest absolute Gasteiger partial charge is 0.381 e. The summed E-state index contributed by atoms with van der Waals surface area (Å²) in [6, 6.07) is 6.69. The molecule has 0 bridgehead atoms. The number of methoxy groups -OCH3 is 1. The van der Waals surface area contributed by atoms with Crippen LogP contribution < -0.4 is 5.73 Å². The molecule has 1 fully saturated rings. The number of rotatable bonds is 2. The highest BCUT2D eigenvalue weighted by molar-refractivity contribution is 5.79. The van der Waals surface area contributed by atoms with Gasteiger partial charge in [0.05, 0.1) is 17.1 Å². The summed E-state index contributed by atoms with van der Waals surface area (Å²) in [6.45, 7) is 2.09. The zero-order valence-electron chi connectivity index (χ0n) is 10.2. The summed E-state index contributed by atoms with van der Waals surface area (Å²) in [7, 11) is 1.76. The number of hydrogen-bond acceptors (Lipinski definition) is 3. The van der Waals surface area contributed by atoms with Crippen molar-refractivity contribution in [3.63, 3.8) is 0 Å². The van der Waals surface area contributed by atoms with E-state index in [0.29, 0.717) is 18.1 Å². The fourth-order valence-corrected chi connectivity index (χ4v) is 2.55. The molecule has 2 aromatic rings. The molecule has 0 unspecified atom stereocenters. The van der Waals surface area contributed by atoms with Crippen LogP contribution >= 0.6 is 0 Å². The van der Waals surface area contributed by atoms with Gasteiger partial charge >= 0.3 is 0 Å². The van der Waals surface area contributed by atoms with Crippen LogP contribution in [0.2, 0.25) is 0 Å². The van der Waals surface area contributed by atoms with Gasteiger partial charge in [0.15, 0.2) is 0 Å². The molecule has 0 amide bonds. The van der Waals surface area contributed by atoms with E-state index < -0.39 is 0 Å². The van der Waals surface area contributed by atoms with Crippen LogP contribution in [0.5, 0.6) is 0 Å². The van der Waals surface area contributed by atoms with Crippen molar-refractivity contribution in [2.45, 2.75) is 31.9 Å². The van der Waals surface area contributed by atoms with Crippen molar-refractivity contribution in [1.82, 2.24) is 9.55 Å². The number of ether oxygens (including phenoxy) is 1. The van der Waals surface area contributed by atoms with E-state index in [1.165, 1.54) is 5.56 Å². The van der Waals surface area contributed by atoms with Gasteiger partial charge in [-0.25, -0.2) is 4.98 Å². The topological polar surface area (TPSA) is 53.1 Å². The highest BCUT2D eigenvalue weighted by atomic mass is 16.5. The van der Waals surface area contributed by atoms with Crippen molar-refractivity contribution < 1.29 is 4.74 Å². The van der Waals surface area contributed by atoms with Crippen molar-refractivity contribution in [3.8, 4) is 0 Å². The van der Waals surface area contributed by atoms with Crippen LogP contribution in [0.25, 0.3) is 11.0 Å². The predicted octanol–water partition coefficient (Wildman–Crippen LogP) is 2.28. The summed E-state index contributed by atoms with van der Waals surface area (Å²) in [6.07, 6.45) is 2.43. The first-order chi connectivity index (χ1) is 8.19. The Kier molecular flexibility index (Phi) is 2.33. The molecule has 1 aromatic carbocycles. The van der Waals surface area contributed by atoms with Crippen molar-refractivity contribution in [1.29, 1.82) is 0 Å². The Morgan fingerprint density at radius 1 is 1.41 bits per heavy atom. The number of nitrogen functional groups attached to an aromatic ring is 1. The molecule has 4 nitrogen and oxygen atoms in total. The van der Waals surface area contributed by atoms with Crippen LogP contribution in [0.15, 0.2) is 18.2 Å². The molecule has 4 heteroatoms. The van der Waals surface area contributed by atoms with Crippen LogP contribution in [0.3, 0.4) is 0 Å². The van der Waals surface area contributed by atoms with E-state index in [2.05, 4.69) is 28.6 Å². The lowest BCUT2D eigenvalue weighted by Crippen LogP contribution is -2.33. The summed E-state index contributed by atoms with van der Waals surface area (Å²) in [5.74, 6) is 0.616. The van der Waals surface area contributed by atoms with Crippen LogP contribution in [0.4, 0.5) is 5.95 Å². The molecule has 0 aliphatic heterocycles. The van der Waals surface area contributed by atoms with E-state index in [0.717, 1.165) is 23.9 Å². The summed E-state index contributed by atoms with van der Waals surface area (Å²) >= 11 is 0. The summed E-state index contributed by atoms with van der Waals surface area (Å²) in [4.78, 5) is 4.41. The van der Waals surface area contributed by atoms with Gasteiger partial charge in [-0.1, -0.05) is 6.07 Å². The maximum Gasteiger partial charge on any atom is 0.201 e. The maximum absolute atomic E-state index is 6.01. The number of anilines is 1. The molecule has 1 aliphatic rings. The van der Waals surface area contributed by atoms with Crippen molar-refractivity contribution in [2.24, 2.45) is 0 Å². The number of aromatic nitrogens is 2. The lowest BCUT2D eigenvalue weighted by atomic mass is 9.89. The van der Waals surface area contributed by atoms with E-state index in [9.17, 15) is 0 Å². The molecular weight excluding hydrogens is 214 g/mol. The van der Waals surface area contributed by atoms with Gasteiger partial charge in [-0.15, -0.1) is 0 Å². The van der Waals surface area contributed by atoms with Gasteiger partial charge in [-0.05, 0) is 37.5 Å². The van der Waals surface area contributed by atoms with Gasteiger partial charge < -0.3 is 15.0 Å². The van der Waals surface area contributed by atoms with Crippen LogP contribution in [-0.2, 0) is 4.74 Å². The minimum atomic E-state index is 0.377. The second-order valence-corrected chi connectivity index (χ2v) is 4.82. The number of benzene rings is 1. The molecule has 2 N–H and O–H groups in total.